The van der Waals surface area contributed by atoms with Gasteiger partial charge in [0, 0.05) is 73.2 Å². The largest absolute Gasteiger partial charge is 0.340 e. The van der Waals surface area contributed by atoms with Crippen molar-refractivity contribution in [2.75, 3.05) is 75.9 Å². The lowest BCUT2D eigenvalue weighted by Gasteiger charge is -2.32. The Hall–Kier alpha value is -2.78. The summed E-state index contributed by atoms with van der Waals surface area (Å²) >= 11 is 26.0. The number of aryl methyl sites for hydroxylation is 1. The van der Waals surface area contributed by atoms with Crippen LogP contribution in [0.25, 0.3) is 0 Å². The average Bonchev–Trinajstić information content (AvgIpc) is 3.72. The van der Waals surface area contributed by atoms with Gasteiger partial charge in [-0.2, -0.15) is 0 Å². The van der Waals surface area contributed by atoms with Crippen LogP contribution in [0.3, 0.4) is 0 Å². The zero-order valence-corrected chi connectivity index (χ0v) is 36.2. The van der Waals surface area contributed by atoms with E-state index in [1.54, 1.807) is 27.5 Å². The van der Waals surface area contributed by atoms with E-state index in [1.807, 2.05) is 14.1 Å². The highest BCUT2D eigenvalue weighted by atomic mass is 35.5. The van der Waals surface area contributed by atoms with Crippen LogP contribution >= 0.6 is 69.1 Å². The van der Waals surface area contributed by atoms with Crippen LogP contribution in [0.4, 0.5) is 10.3 Å². The Morgan fingerprint density at radius 1 is 0.673 bits per heavy atom. The monoisotopic (exact) mass is 910 g/mol. The fraction of sp³-hybridized carbons (Fsp3) is 0.394. The minimum Gasteiger partial charge on any atom is -0.340 e. The van der Waals surface area contributed by atoms with Gasteiger partial charge in [0.1, 0.15) is 9.79 Å². The lowest BCUT2D eigenvalue weighted by molar-refractivity contribution is -0.132. The summed E-state index contributed by atoms with van der Waals surface area (Å²) in [5.74, 6) is -0.0204. The molecule has 2 N–H and O–H groups in total. The maximum Gasteiger partial charge on any atom is 0.265 e. The first-order valence-electron chi connectivity index (χ1n) is 16.7. The van der Waals surface area contributed by atoms with E-state index in [0.717, 1.165) is 48.9 Å². The minimum absolute atomic E-state index is 0.00982. The van der Waals surface area contributed by atoms with Gasteiger partial charge in [-0.05, 0) is 56.9 Å². The summed E-state index contributed by atoms with van der Waals surface area (Å²) in [6, 6.07) is 7.05. The number of likely N-dealkylation sites (N-methyl/N-ethyl adjacent to an activating group) is 2. The van der Waals surface area contributed by atoms with Gasteiger partial charge in [0.15, 0.2) is 10.3 Å². The molecule has 0 bridgehead atoms. The highest BCUT2D eigenvalue weighted by molar-refractivity contribution is 7.93. The van der Waals surface area contributed by atoms with Gasteiger partial charge in [0.05, 0.1) is 34.3 Å². The molecule has 2 aliphatic heterocycles. The van der Waals surface area contributed by atoms with Crippen molar-refractivity contribution in [2.45, 2.75) is 29.6 Å². The molecule has 14 nitrogen and oxygen atoms in total. The quantitative estimate of drug-likeness (QED) is 0.209. The molecule has 0 saturated carbocycles. The number of hydrogen-bond donors (Lipinski definition) is 2. The molecule has 2 aliphatic rings. The van der Waals surface area contributed by atoms with Gasteiger partial charge in [-0.3, -0.25) is 19.0 Å². The maximum absolute atomic E-state index is 12.7. The SMILES string of the molecule is CN1CCN(C(=O)Cc2csc(NS(=O)(=O)c3ccc(Cl)cc3Cl)n2)CC1.Cc1cc(Cl)cc(Cl)c1S(=O)(=O)Nc1nc(CC(=O)N2CCN(C)CC2)cs1. The number of nitrogens with one attached hydrogen (secondary N) is 2. The van der Waals surface area contributed by atoms with Crippen LogP contribution < -0.4 is 9.44 Å². The Labute approximate surface area is 348 Å². The van der Waals surface area contributed by atoms with Crippen molar-refractivity contribution in [1.82, 2.24) is 29.6 Å². The molecule has 2 aromatic carbocycles. The second kappa shape index (κ2) is 18.7. The Morgan fingerprint density at radius 3 is 1.58 bits per heavy atom. The summed E-state index contributed by atoms with van der Waals surface area (Å²) in [6.07, 6.45) is 0.284. The molecule has 4 aromatic rings. The lowest BCUT2D eigenvalue weighted by Crippen LogP contribution is -2.47. The number of rotatable bonds is 10. The molecule has 2 fully saturated rings. The Bertz CT molecular complexity index is 2220. The Balaban J connectivity index is 0.000000211. The number of carbonyl (C=O) groups is 2. The molecule has 0 unspecified atom stereocenters. The van der Waals surface area contributed by atoms with Crippen molar-refractivity contribution in [1.29, 1.82) is 0 Å². The summed E-state index contributed by atoms with van der Waals surface area (Å²) in [5.41, 5.74) is 1.50. The molecule has 22 heteroatoms. The molecule has 0 radical (unpaired) electrons. The summed E-state index contributed by atoms with van der Waals surface area (Å²) in [6.45, 7) is 7.74. The van der Waals surface area contributed by atoms with Crippen LogP contribution in [0.1, 0.15) is 17.0 Å². The van der Waals surface area contributed by atoms with E-state index in [0.29, 0.717) is 53.2 Å². The summed E-state index contributed by atoms with van der Waals surface area (Å²) in [4.78, 5) is 41.1. The van der Waals surface area contributed by atoms with Crippen LogP contribution in [0.5, 0.6) is 0 Å². The molecule has 0 spiro atoms. The summed E-state index contributed by atoms with van der Waals surface area (Å²) < 4.78 is 55.2. The molecule has 4 heterocycles. The van der Waals surface area contributed by atoms with Crippen LogP contribution in [0.15, 0.2) is 50.9 Å². The lowest BCUT2D eigenvalue weighted by atomic mass is 10.2. The van der Waals surface area contributed by atoms with Crippen LogP contribution in [0, 0.1) is 6.92 Å². The molecule has 2 aromatic heterocycles. The fourth-order valence-electron chi connectivity index (χ4n) is 5.57. The Kier molecular flexibility index (Phi) is 14.7. The Morgan fingerprint density at radius 2 is 1.13 bits per heavy atom. The first-order chi connectivity index (χ1) is 25.9. The number of anilines is 2. The number of thiazole rings is 2. The van der Waals surface area contributed by atoms with E-state index in [4.69, 9.17) is 46.4 Å². The number of halogens is 4. The predicted octanol–water partition coefficient (Wildman–Crippen LogP) is 5.44. The zero-order valence-electron chi connectivity index (χ0n) is 29.9. The summed E-state index contributed by atoms with van der Waals surface area (Å²) in [7, 11) is -3.78. The van der Waals surface area contributed by atoms with E-state index >= 15 is 0 Å². The van der Waals surface area contributed by atoms with Crippen molar-refractivity contribution in [3.8, 4) is 0 Å². The summed E-state index contributed by atoms with van der Waals surface area (Å²) in [5, 5.41) is 4.50. The minimum atomic E-state index is -3.93. The second-order valence-corrected chi connectivity index (χ2v) is 19.5. The van der Waals surface area contributed by atoms with Crippen molar-refractivity contribution in [2.24, 2.45) is 0 Å². The molecule has 0 aliphatic carbocycles. The number of piperazine rings is 2. The van der Waals surface area contributed by atoms with Crippen LogP contribution in [-0.4, -0.2) is 125 Å². The highest BCUT2D eigenvalue weighted by Gasteiger charge is 2.25. The zero-order chi connectivity index (χ0) is 40.1. The normalized spacial score (nSPS) is 15.7. The van der Waals surface area contributed by atoms with Crippen LogP contribution in [0.2, 0.25) is 20.1 Å². The smallest absolute Gasteiger partial charge is 0.265 e. The first-order valence-corrected chi connectivity index (χ1v) is 22.9. The highest BCUT2D eigenvalue weighted by Crippen LogP contribution is 2.31. The van der Waals surface area contributed by atoms with Crippen molar-refractivity contribution in [3.05, 3.63) is 78.1 Å². The van der Waals surface area contributed by atoms with Crippen molar-refractivity contribution >= 4 is 111 Å². The number of carbonyl (C=O) groups excluding carboxylic acids is 2. The molecule has 6 rings (SSSR count). The average molecular weight is 913 g/mol. The van der Waals surface area contributed by atoms with Gasteiger partial charge in [0.2, 0.25) is 11.8 Å². The molecule has 55 heavy (non-hydrogen) atoms. The third-order valence-corrected chi connectivity index (χ3v) is 14.7. The van der Waals surface area contributed by atoms with E-state index < -0.39 is 20.0 Å². The topological polar surface area (TPSA) is 165 Å². The van der Waals surface area contributed by atoms with Gasteiger partial charge >= 0.3 is 0 Å². The second-order valence-electron chi connectivity index (χ2n) is 12.8. The van der Waals surface area contributed by atoms with E-state index in [1.165, 1.54) is 30.3 Å². The molecular formula is C33H38Cl4N8O6S4. The number of amides is 2. The molecule has 2 saturated heterocycles. The molecular weight excluding hydrogens is 874 g/mol. The first kappa shape index (κ1) is 43.3. The van der Waals surface area contributed by atoms with Crippen LogP contribution in [-0.2, 0) is 42.5 Å². The number of aromatic nitrogens is 2. The van der Waals surface area contributed by atoms with Crippen molar-refractivity contribution in [3.63, 3.8) is 0 Å². The number of hydrogen-bond acceptors (Lipinski definition) is 12. The molecule has 0 atom stereocenters. The standard InChI is InChI=1S/C17H20Cl2N4O3S2.C16H18Cl2N4O3S2/c1-11-7-12(18)8-14(19)16(11)28(25,26)21-17-20-13(10-27-17)9-15(24)23-5-3-22(2)4-6-23;1-21-4-6-22(7-5-21)15(23)9-12-10-26-16(19-12)20-27(24,25)14-3-2-11(17)8-13(14)18/h7-8,10H,3-6,9H2,1-2H3,(H,20,21);2-3,8,10H,4-7,9H2,1H3,(H,19,20). The van der Waals surface area contributed by atoms with E-state index in [9.17, 15) is 26.4 Å². The number of benzene rings is 2. The number of nitrogens with zero attached hydrogens (tertiary/aromatic N) is 6. The molecule has 2 amide bonds. The third kappa shape index (κ3) is 11.9. The van der Waals surface area contributed by atoms with Gasteiger partial charge in [0.25, 0.3) is 20.0 Å². The maximum atomic E-state index is 12.7. The van der Waals surface area contributed by atoms with Gasteiger partial charge in [-0.1, -0.05) is 46.4 Å². The van der Waals surface area contributed by atoms with E-state index in [-0.39, 0.29) is 54.8 Å². The number of sulfonamides is 2. The van der Waals surface area contributed by atoms with E-state index in [2.05, 4.69) is 29.2 Å². The third-order valence-electron chi connectivity index (χ3n) is 8.57. The fourth-order valence-corrected chi connectivity index (χ4v) is 11.5. The predicted molar refractivity (Wildman–Crippen MR) is 219 cm³/mol. The van der Waals surface area contributed by atoms with Gasteiger partial charge < -0.3 is 19.6 Å². The van der Waals surface area contributed by atoms with Gasteiger partial charge in [-0.25, -0.2) is 26.8 Å². The van der Waals surface area contributed by atoms with Crippen molar-refractivity contribution < 1.29 is 26.4 Å². The van der Waals surface area contributed by atoms with Gasteiger partial charge in [-0.15, -0.1) is 22.7 Å². The molecule has 298 valence electrons.